The monoisotopic (exact) mass is 346 g/mol. The summed E-state index contributed by atoms with van der Waals surface area (Å²) in [4.78, 5) is 11.2. The van der Waals surface area contributed by atoms with Crippen molar-refractivity contribution in [3.8, 4) is 0 Å². The lowest BCUT2D eigenvalue weighted by molar-refractivity contribution is -0.114. The third-order valence-corrected chi connectivity index (χ3v) is 5.60. The molecule has 2 aromatic rings. The van der Waals surface area contributed by atoms with Gasteiger partial charge in [-0.15, -0.1) is 0 Å². The number of amides is 1. The van der Waals surface area contributed by atoms with E-state index in [-0.39, 0.29) is 10.8 Å². The Kier molecular flexibility index (Phi) is 5.62. The lowest BCUT2D eigenvalue weighted by Crippen LogP contribution is -2.30. The van der Waals surface area contributed by atoms with E-state index in [1.165, 1.54) is 23.4 Å². The zero-order valence-corrected chi connectivity index (χ0v) is 14.9. The number of benzene rings is 2. The molecule has 0 fully saturated rings. The summed E-state index contributed by atoms with van der Waals surface area (Å²) >= 11 is 0. The summed E-state index contributed by atoms with van der Waals surface area (Å²) in [6, 6.07) is 13.7. The Hall–Kier alpha value is -2.34. The lowest BCUT2D eigenvalue weighted by atomic mass is 10.1. The van der Waals surface area contributed by atoms with Crippen LogP contribution in [0.2, 0.25) is 0 Å². The third kappa shape index (κ3) is 3.94. The average Bonchev–Trinajstić information content (AvgIpc) is 2.56. The van der Waals surface area contributed by atoms with Crippen LogP contribution in [0.3, 0.4) is 0 Å². The van der Waals surface area contributed by atoms with Gasteiger partial charge in [-0.3, -0.25) is 9.10 Å². The first kappa shape index (κ1) is 18.0. The minimum absolute atomic E-state index is 0.193. The molecule has 128 valence electrons. The third-order valence-electron chi connectivity index (χ3n) is 3.68. The molecule has 0 radical (unpaired) electrons. The van der Waals surface area contributed by atoms with Crippen LogP contribution in [0.5, 0.6) is 0 Å². The van der Waals surface area contributed by atoms with Crippen LogP contribution in [0.1, 0.15) is 26.3 Å². The van der Waals surface area contributed by atoms with Gasteiger partial charge in [-0.1, -0.05) is 19.1 Å². The highest BCUT2D eigenvalue weighted by Crippen LogP contribution is 2.25. The standard InChI is InChI=1S/C18H22N2O3S/c1-4-15-6-10-17(11-7-15)20(5-2)24(22,23)18-12-8-16(9-13-18)19-14(3)21/h6-13H,4-5H2,1-3H3,(H,19,21). The highest BCUT2D eigenvalue weighted by atomic mass is 32.2. The van der Waals surface area contributed by atoms with Gasteiger partial charge in [0.05, 0.1) is 10.6 Å². The molecule has 0 aromatic heterocycles. The van der Waals surface area contributed by atoms with Gasteiger partial charge < -0.3 is 5.32 Å². The van der Waals surface area contributed by atoms with Crippen LogP contribution in [0.25, 0.3) is 0 Å². The van der Waals surface area contributed by atoms with Gasteiger partial charge in [-0.05, 0) is 55.3 Å². The second-order valence-electron chi connectivity index (χ2n) is 5.40. The van der Waals surface area contributed by atoms with Crippen molar-refractivity contribution >= 4 is 27.3 Å². The smallest absolute Gasteiger partial charge is 0.264 e. The maximum absolute atomic E-state index is 12.9. The summed E-state index contributed by atoms with van der Waals surface area (Å²) in [5.74, 6) is -0.197. The Labute approximate surface area is 143 Å². The largest absolute Gasteiger partial charge is 0.326 e. The maximum Gasteiger partial charge on any atom is 0.264 e. The van der Waals surface area contributed by atoms with E-state index in [1.54, 1.807) is 19.1 Å². The van der Waals surface area contributed by atoms with Crippen molar-refractivity contribution in [2.45, 2.75) is 32.1 Å². The molecular weight excluding hydrogens is 324 g/mol. The summed E-state index contributed by atoms with van der Waals surface area (Å²) in [5, 5.41) is 2.62. The second-order valence-corrected chi connectivity index (χ2v) is 7.26. The number of rotatable bonds is 6. The van der Waals surface area contributed by atoms with Crippen molar-refractivity contribution in [1.29, 1.82) is 0 Å². The maximum atomic E-state index is 12.9. The molecular formula is C18H22N2O3S. The first-order valence-corrected chi connectivity index (χ1v) is 9.31. The molecule has 0 unspecified atom stereocenters. The Bertz CT molecular complexity index is 797. The number of anilines is 2. The topological polar surface area (TPSA) is 66.5 Å². The molecule has 5 nitrogen and oxygen atoms in total. The highest BCUT2D eigenvalue weighted by molar-refractivity contribution is 7.92. The second kappa shape index (κ2) is 7.49. The van der Waals surface area contributed by atoms with Gasteiger partial charge in [0.2, 0.25) is 5.91 Å². The normalized spacial score (nSPS) is 11.1. The number of sulfonamides is 1. The van der Waals surface area contributed by atoms with Crippen molar-refractivity contribution in [3.63, 3.8) is 0 Å². The minimum Gasteiger partial charge on any atom is -0.326 e. The summed E-state index contributed by atoms with van der Waals surface area (Å²) < 4.78 is 27.2. The van der Waals surface area contributed by atoms with Crippen molar-refractivity contribution in [3.05, 3.63) is 54.1 Å². The van der Waals surface area contributed by atoms with Gasteiger partial charge >= 0.3 is 0 Å². The van der Waals surface area contributed by atoms with Crippen LogP contribution in [0.4, 0.5) is 11.4 Å². The zero-order valence-electron chi connectivity index (χ0n) is 14.1. The summed E-state index contributed by atoms with van der Waals surface area (Å²) in [6.45, 7) is 5.60. The van der Waals surface area contributed by atoms with E-state index in [9.17, 15) is 13.2 Å². The van der Waals surface area contributed by atoms with Crippen molar-refractivity contribution in [2.75, 3.05) is 16.2 Å². The summed E-state index contributed by atoms with van der Waals surface area (Å²) in [5.41, 5.74) is 2.37. The Morgan fingerprint density at radius 1 is 1.00 bits per heavy atom. The molecule has 0 aliphatic heterocycles. The Balaban J connectivity index is 2.33. The number of carbonyl (C=O) groups is 1. The first-order valence-electron chi connectivity index (χ1n) is 7.87. The van der Waals surface area contributed by atoms with Gasteiger partial charge in [0, 0.05) is 19.2 Å². The van der Waals surface area contributed by atoms with Crippen LogP contribution < -0.4 is 9.62 Å². The van der Waals surface area contributed by atoms with E-state index in [1.807, 2.05) is 24.3 Å². The van der Waals surface area contributed by atoms with Crippen molar-refractivity contribution in [1.82, 2.24) is 0 Å². The highest BCUT2D eigenvalue weighted by Gasteiger charge is 2.23. The van der Waals surface area contributed by atoms with Crippen molar-refractivity contribution in [2.24, 2.45) is 0 Å². The number of nitrogens with zero attached hydrogens (tertiary/aromatic N) is 1. The van der Waals surface area contributed by atoms with Crippen LogP contribution in [-0.4, -0.2) is 20.9 Å². The molecule has 1 amide bonds. The van der Waals surface area contributed by atoms with Gasteiger partial charge in [0.25, 0.3) is 10.0 Å². The first-order chi connectivity index (χ1) is 11.4. The molecule has 0 aliphatic carbocycles. The molecule has 0 atom stereocenters. The van der Waals surface area contributed by atoms with Crippen LogP contribution in [0.15, 0.2) is 53.4 Å². The number of hydrogen-bond donors (Lipinski definition) is 1. The van der Waals surface area contributed by atoms with E-state index >= 15 is 0 Å². The number of nitrogens with one attached hydrogen (secondary N) is 1. The fraction of sp³-hybridized carbons (Fsp3) is 0.278. The molecule has 0 heterocycles. The predicted molar refractivity (Wildman–Crippen MR) is 96.8 cm³/mol. The molecule has 0 spiro atoms. The van der Waals surface area contributed by atoms with Gasteiger partial charge in [0.1, 0.15) is 0 Å². The quantitative estimate of drug-likeness (QED) is 0.871. The van der Waals surface area contributed by atoms with Gasteiger partial charge in [0.15, 0.2) is 0 Å². The summed E-state index contributed by atoms with van der Waals surface area (Å²) in [7, 11) is -3.65. The molecule has 2 rings (SSSR count). The average molecular weight is 346 g/mol. The van der Waals surface area contributed by atoms with E-state index < -0.39 is 10.0 Å². The Morgan fingerprint density at radius 2 is 1.58 bits per heavy atom. The number of hydrogen-bond acceptors (Lipinski definition) is 3. The molecule has 1 N–H and O–H groups in total. The van der Waals surface area contributed by atoms with Gasteiger partial charge in [-0.25, -0.2) is 8.42 Å². The van der Waals surface area contributed by atoms with Crippen LogP contribution in [0, 0.1) is 0 Å². The predicted octanol–water partition coefficient (Wildman–Crippen LogP) is 3.42. The molecule has 0 bridgehead atoms. The van der Waals surface area contributed by atoms with Gasteiger partial charge in [-0.2, -0.15) is 0 Å². The fourth-order valence-corrected chi connectivity index (χ4v) is 3.90. The number of carbonyl (C=O) groups excluding carboxylic acids is 1. The SMILES string of the molecule is CCc1ccc(N(CC)S(=O)(=O)c2ccc(NC(C)=O)cc2)cc1. The Morgan fingerprint density at radius 3 is 2.04 bits per heavy atom. The zero-order chi connectivity index (χ0) is 17.7. The van der Waals surface area contributed by atoms with Crippen LogP contribution in [-0.2, 0) is 21.2 Å². The van der Waals surface area contributed by atoms with E-state index in [0.29, 0.717) is 17.9 Å². The van der Waals surface area contributed by atoms with E-state index in [0.717, 1.165) is 12.0 Å². The molecule has 0 aliphatic rings. The molecule has 24 heavy (non-hydrogen) atoms. The molecule has 0 saturated carbocycles. The van der Waals surface area contributed by atoms with E-state index in [2.05, 4.69) is 12.2 Å². The van der Waals surface area contributed by atoms with Crippen molar-refractivity contribution < 1.29 is 13.2 Å². The summed E-state index contributed by atoms with van der Waals surface area (Å²) in [6.07, 6.45) is 0.907. The van der Waals surface area contributed by atoms with Crippen LogP contribution >= 0.6 is 0 Å². The number of aryl methyl sites for hydroxylation is 1. The molecule has 0 saturated heterocycles. The molecule has 2 aromatic carbocycles. The molecule has 6 heteroatoms. The van der Waals surface area contributed by atoms with E-state index in [4.69, 9.17) is 0 Å². The fourth-order valence-electron chi connectivity index (χ4n) is 2.43. The minimum atomic E-state index is -3.65. The lowest BCUT2D eigenvalue weighted by Gasteiger charge is -2.23.